The molecule has 0 saturated heterocycles. The Morgan fingerprint density at radius 2 is 1.89 bits per heavy atom. The van der Waals surface area contributed by atoms with E-state index in [1.807, 2.05) is 56.3 Å². The third-order valence-electron chi connectivity index (χ3n) is 5.75. The molecule has 1 aliphatic heterocycles. The van der Waals surface area contributed by atoms with Gasteiger partial charge in [-0.25, -0.2) is 9.79 Å². The monoisotopic (exact) mass is 618 g/mol. The molecule has 0 fully saturated rings. The molecule has 0 aliphatic carbocycles. The van der Waals surface area contributed by atoms with E-state index in [2.05, 4.69) is 27.6 Å². The minimum absolute atomic E-state index is 0.221. The van der Waals surface area contributed by atoms with Crippen molar-refractivity contribution in [3.8, 4) is 11.5 Å². The number of halogens is 1. The highest BCUT2D eigenvalue weighted by molar-refractivity contribution is 14.1. The Morgan fingerprint density at radius 1 is 1.17 bits per heavy atom. The zero-order valence-corrected chi connectivity index (χ0v) is 23.7. The first-order chi connectivity index (χ1) is 17.3. The lowest BCUT2D eigenvalue weighted by atomic mass is 9.95. The Hall–Kier alpha value is -2.92. The number of rotatable bonds is 7. The average molecular weight is 618 g/mol. The van der Waals surface area contributed by atoms with Crippen molar-refractivity contribution in [3.63, 3.8) is 0 Å². The number of nitrogens with zero attached hydrogens (tertiary/aromatic N) is 2. The van der Waals surface area contributed by atoms with Gasteiger partial charge in [-0.05, 0) is 79.6 Å². The van der Waals surface area contributed by atoms with Crippen LogP contribution in [0.2, 0.25) is 0 Å². The molecule has 188 valence electrons. The van der Waals surface area contributed by atoms with E-state index in [1.165, 1.54) is 11.3 Å². The summed E-state index contributed by atoms with van der Waals surface area (Å²) in [6, 6.07) is 11.0. The van der Waals surface area contributed by atoms with E-state index in [9.17, 15) is 9.59 Å². The minimum atomic E-state index is -0.627. The summed E-state index contributed by atoms with van der Waals surface area (Å²) in [5.41, 5.74) is 3.41. The van der Waals surface area contributed by atoms with E-state index in [4.69, 9.17) is 14.2 Å². The Labute approximate surface area is 226 Å². The van der Waals surface area contributed by atoms with Crippen LogP contribution in [0.5, 0.6) is 11.5 Å². The van der Waals surface area contributed by atoms with Gasteiger partial charge in [0.15, 0.2) is 16.3 Å². The van der Waals surface area contributed by atoms with Crippen LogP contribution in [0.4, 0.5) is 0 Å². The molecule has 36 heavy (non-hydrogen) atoms. The van der Waals surface area contributed by atoms with Crippen LogP contribution in [0.25, 0.3) is 6.08 Å². The number of methoxy groups -OCH3 is 1. The maximum absolute atomic E-state index is 13.8. The van der Waals surface area contributed by atoms with E-state index in [0.717, 1.165) is 20.3 Å². The second-order valence-corrected chi connectivity index (χ2v) is 10.4. The molecular weight excluding hydrogens is 591 g/mol. The first-order valence-electron chi connectivity index (χ1n) is 11.6. The van der Waals surface area contributed by atoms with Gasteiger partial charge in [-0.1, -0.05) is 41.2 Å². The molecule has 9 heteroatoms. The maximum atomic E-state index is 13.8. The fraction of sp³-hybridized carbons (Fsp3) is 0.296. The molecule has 2 aromatic carbocycles. The largest absolute Gasteiger partial charge is 0.493 e. The van der Waals surface area contributed by atoms with Crippen LogP contribution in [0.1, 0.15) is 43.5 Å². The molecule has 2 heterocycles. The molecule has 1 atom stereocenters. The van der Waals surface area contributed by atoms with Crippen LogP contribution in [-0.2, 0) is 9.53 Å². The molecule has 1 aromatic heterocycles. The smallest absolute Gasteiger partial charge is 0.338 e. The summed E-state index contributed by atoms with van der Waals surface area (Å²) in [4.78, 5) is 31.9. The normalized spacial score (nSPS) is 15.4. The number of esters is 1. The first-order valence-corrected chi connectivity index (χ1v) is 13.4. The summed E-state index contributed by atoms with van der Waals surface area (Å²) in [5.74, 6) is 0.804. The fourth-order valence-corrected chi connectivity index (χ4v) is 5.94. The predicted molar refractivity (Wildman–Crippen MR) is 148 cm³/mol. The van der Waals surface area contributed by atoms with Crippen molar-refractivity contribution < 1.29 is 19.0 Å². The second-order valence-electron chi connectivity index (χ2n) is 8.18. The number of hydrogen-bond donors (Lipinski definition) is 0. The topological polar surface area (TPSA) is 79.1 Å². The number of fused-ring (bicyclic) bond motifs is 1. The molecule has 1 aliphatic rings. The molecule has 0 amide bonds. The van der Waals surface area contributed by atoms with E-state index in [-0.39, 0.29) is 12.2 Å². The summed E-state index contributed by atoms with van der Waals surface area (Å²) in [6.45, 7) is 8.21. The molecule has 0 saturated carbocycles. The van der Waals surface area contributed by atoms with Crippen LogP contribution >= 0.6 is 33.9 Å². The molecule has 0 bridgehead atoms. The third kappa shape index (κ3) is 4.99. The molecule has 0 radical (unpaired) electrons. The highest BCUT2D eigenvalue weighted by Crippen LogP contribution is 2.34. The number of benzene rings is 2. The number of aromatic nitrogens is 1. The molecule has 0 N–H and O–H groups in total. The zero-order chi connectivity index (χ0) is 26.0. The molecule has 4 rings (SSSR count). The summed E-state index contributed by atoms with van der Waals surface area (Å²) >= 11 is 3.49. The Kier molecular flexibility index (Phi) is 7.99. The lowest BCUT2D eigenvalue weighted by Crippen LogP contribution is -2.39. The van der Waals surface area contributed by atoms with Crippen LogP contribution in [-0.4, -0.2) is 30.9 Å². The summed E-state index contributed by atoms with van der Waals surface area (Å²) in [7, 11) is 1.59. The fourth-order valence-electron chi connectivity index (χ4n) is 4.11. The number of ether oxygens (including phenoxy) is 3. The van der Waals surface area contributed by atoms with E-state index >= 15 is 0 Å². The maximum Gasteiger partial charge on any atom is 0.338 e. The minimum Gasteiger partial charge on any atom is -0.493 e. The van der Waals surface area contributed by atoms with Gasteiger partial charge in [0.2, 0.25) is 0 Å². The molecule has 3 aromatic rings. The van der Waals surface area contributed by atoms with Crippen molar-refractivity contribution in [3.05, 3.63) is 87.6 Å². The van der Waals surface area contributed by atoms with Crippen molar-refractivity contribution in [1.29, 1.82) is 0 Å². The Balaban J connectivity index is 1.92. The quantitative estimate of drug-likeness (QED) is 0.294. The molecular formula is C27H27IN2O5S. The summed E-state index contributed by atoms with van der Waals surface area (Å²) in [5, 5.41) is 0. The highest BCUT2D eigenvalue weighted by Gasteiger charge is 2.33. The SMILES string of the molecule is CCOC(=O)C1=C(C)N=c2s/c(=C\c3cc(I)c(OCC)c(OC)c3)c(=O)n2C1c1ccc(C)cc1. The molecule has 7 nitrogen and oxygen atoms in total. The van der Waals surface area contributed by atoms with Gasteiger partial charge in [0.1, 0.15) is 0 Å². The van der Waals surface area contributed by atoms with Gasteiger partial charge < -0.3 is 14.2 Å². The molecule has 1 unspecified atom stereocenters. The van der Waals surface area contributed by atoms with Crippen molar-refractivity contribution in [2.75, 3.05) is 20.3 Å². The van der Waals surface area contributed by atoms with Crippen LogP contribution in [0, 0.1) is 10.5 Å². The van der Waals surface area contributed by atoms with Crippen molar-refractivity contribution >= 4 is 46.0 Å². The predicted octanol–water partition coefficient (Wildman–Crippen LogP) is 4.12. The first kappa shape index (κ1) is 26.2. The van der Waals surface area contributed by atoms with Gasteiger partial charge in [-0.15, -0.1) is 0 Å². The van der Waals surface area contributed by atoms with Gasteiger partial charge in [-0.2, -0.15) is 0 Å². The average Bonchev–Trinajstić information content (AvgIpc) is 3.14. The standard InChI is InChI=1S/C27H27IN2O5S/c1-6-34-24-19(28)12-17(13-20(24)33-5)14-21-25(31)30-23(18-10-8-15(3)9-11-18)22(26(32)35-7-2)16(4)29-27(30)36-21/h8-14,23H,6-7H2,1-5H3/b21-14-. The van der Waals surface area contributed by atoms with E-state index < -0.39 is 12.0 Å². The lowest BCUT2D eigenvalue weighted by Gasteiger charge is -2.24. The number of carbonyl (C=O) groups excluding carboxylic acids is 1. The van der Waals surface area contributed by atoms with E-state index in [1.54, 1.807) is 25.5 Å². The van der Waals surface area contributed by atoms with Gasteiger partial charge in [-0.3, -0.25) is 9.36 Å². The van der Waals surface area contributed by atoms with Crippen LogP contribution in [0.3, 0.4) is 0 Å². The van der Waals surface area contributed by atoms with Crippen molar-refractivity contribution in [2.45, 2.75) is 33.7 Å². The van der Waals surface area contributed by atoms with E-state index in [0.29, 0.717) is 38.7 Å². The number of thiazole rings is 1. The Bertz CT molecular complexity index is 1520. The Morgan fingerprint density at radius 3 is 2.53 bits per heavy atom. The van der Waals surface area contributed by atoms with Crippen LogP contribution < -0.4 is 24.4 Å². The molecule has 0 spiro atoms. The zero-order valence-electron chi connectivity index (χ0n) is 20.8. The number of aryl methyl sites for hydroxylation is 1. The highest BCUT2D eigenvalue weighted by atomic mass is 127. The third-order valence-corrected chi connectivity index (χ3v) is 7.53. The van der Waals surface area contributed by atoms with Gasteiger partial charge in [0, 0.05) is 0 Å². The number of hydrogen-bond acceptors (Lipinski definition) is 7. The number of allylic oxidation sites excluding steroid dienone is 1. The number of carbonyl (C=O) groups is 1. The summed E-state index contributed by atoms with van der Waals surface area (Å²) < 4.78 is 19.6. The van der Waals surface area contributed by atoms with Gasteiger partial charge >= 0.3 is 5.97 Å². The van der Waals surface area contributed by atoms with Gasteiger partial charge in [0.25, 0.3) is 5.56 Å². The lowest BCUT2D eigenvalue weighted by molar-refractivity contribution is -0.139. The van der Waals surface area contributed by atoms with Crippen LogP contribution in [0.15, 0.2) is 57.5 Å². The van der Waals surface area contributed by atoms with Gasteiger partial charge in [0.05, 0.1) is 45.7 Å². The summed E-state index contributed by atoms with van der Waals surface area (Å²) in [6.07, 6.45) is 1.82. The van der Waals surface area contributed by atoms with Crippen molar-refractivity contribution in [1.82, 2.24) is 4.57 Å². The van der Waals surface area contributed by atoms with Crippen molar-refractivity contribution in [2.24, 2.45) is 4.99 Å². The second kappa shape index (κ2) is 11.0.